The molecule has 2 unspecified atom stereocenters. The highest BCUT2D eigenvalue weighted by Crippen LogP contribution is 2.59. The second-order valence-corrected chi connectivity index (χ2v) is 11.3. The molecule has 0 aromatic heterocycles. The molecule has 218 valence electrons. The van der Waals surface area contributed by atoms with Gasteiger partial charge in [0.25, 0.3) is 5.91 Å². The van der Waals surface area contributed by atoms with Gasteiger partial charge in [0.2, 0.25) is 5.91 Å². The van der Waals surface area contributed by atoms with Crippen molar-refractivity contribution in [2.24, 2.45) is 17.8 Å². The summed E-state index contributed by atoms with van der Waals surface area (Å²) in [5.74, 6) is -1.97. The third-order valence-electron chi connectivity index (χ3n) is 8.35. The highest BCUT2D eigenvalue weighted by atomic mass is 16.6. The number of benzene rings is 1. The second kappa shape index (κ2) is 12.6. The number of aliphatic hydroxyl groups excluding tert-OH is 1. The molecule has 9 heteroatoms. The second-order valence-electron chi connectivity index (χ2n) is 11.3. The first kappa shape index (κ1) is 29.8. The number of likely N-dealkylation sites (tertiary alicyclic amines) is 1. The Labute approximate surface area is 236 Å². The highest BCUT2D eigenvalue weighted by molar-refractivity contribution is 6.04. The molecule has 9 nitrogen and oxygen atoms in total. The fourth-order valence-electron chi connectivity index (χ4n) is 6.71. The number of hydrogen-bond acceptors (Lipinski definition) is 7. The monoisotopic (exact) mass is 554 g/mol. The summed E-state index contributed by atoms with van der Waals surface area (Å²) in [7, 11) is 1.57. The number of rotatable bonds is 14. The van der Waals surface area contributed by atoms with Gasteiger partial charge < -0.3 is 29.1 Å². The molecule has 0 radical (unpaired) electrons. The molecule has 3 saturated heterocycles. The summed E-state index contributed by atoms with van der Waals surface area (Å²) in [6.45, 7) is 11.7. The lowest BCUT2D eigenvalue weighted by Gasteiger charge is -2.39. The summed E-state index contributed by atoms with van der Waals surface area (Å²) in [6.07, 6.45) is 5.77. The SMILES string of the molecule is C=CCCCOC(=O)[C@@H]1[C@H]2C(=O)N([C@@H](CO)CC(C)C)C(C(=O)N(CC=C)c3ccc(OC)cc3)C23CC[C@H]1O3. The van der Waals surface area contributed by atoms with Crippen LogP contribution in [0.15, 0.2) is 49.6 Å². The van der Waals surface area contributed by atoms with Crippen molar-refractivity contribution in [3.05, 3.63) is 49.6 Å². The zero-order valence-corrected chi connectivity index (χ0v) is 23.8. The third kappa shape index (κ3) is 5.29. The Balaban J connectivity index is 1.74. The lowest BCUT2D eigenvalue weighted by molar-refractivity contribution is -0.156. The van der Waals surface area contributed by atoms with Crippen LogP contribution >= 0.6 is 0 Å². The average Bonchev–Trinajstić information content (AvgIpc) is 3.59. The van der Waals surface area contributed by atoms with Gasteiger partial charge in [0.05, 0.1) is 44.3 Å². The topological polar surface area (TPSA) is 106 Å². The van der Waals surface area contributed by atoms with E-state index in [4.69, 9.17) is 14.2 Å². The molecule has 40 heavy (non-hydrogen) atoms. The van der Waals surface area contributed by atoms with Crippen molar-refractivity contribution in [2.45, 2.75) is 69.7 Å². The number of amides is 2. The number of carbonyl (C=O) groups excluding carboxylic acids is 3. The normalized spacial score (nSPS) is 27.4. The van der Waals surface area contributed by atoms with Gasteiger partial charge in [0.15, 0.2) is 0 Å². The number of carbonyl (C=O) groups is 3. The Hall–Kier alpha value is -3.17. The van der Waals surface area contributed by atoms with Crippen molar-refractivity contribution in [3.63, 3.8) is 0 Å². The van der Waals surface area contributed by atoms with Crippen LogP contribution in [0.1, 0.15) is 46.0 Å². The van der Waals surface area contributed by atoms with Crippen LogP contribution in [-0.4, -0.2) is 78.4 Å². The summed E-state index contributed by atoms with van der Waals surface area (Å²) < 4.78 is 17.4. The molecule has 1 aromatic rings. The average molecular weight is 555 g/mol. The molecule has 2 bridgehead atoms. The predicted molar refractivity (Wildman–Crippen MR) is 151 cm³/mol. The molecule has 1 aromatic carbocycles. The van der Waals surface area contributed by atoms with Crippen LogP contribution in [0.2, 0.25) is 0 Å². The molecule has 1 N–H and O–H groups in total. The number of nitrogens with zero attached hydrogens (tertiary/aromatic N) is 2. The summed E-state index contributed by atoms with van der Waals surface area (Å²) >= 11 is 0. The number of allylic oxidation sites excluding steroid dienone is 1. The quantitative estimate of drug-likeness (QED) is 0.213. The fourth-order valence-corrected chi connectivity index (χ4v) is 6.71. The third-order valence-corrected chi connectivity index (χ3v) is 8.35. The van der Waals surface area contributed by atoms with Crippen LogP contribution < -0.4 is 9.64 Å². The van der Waals surface area contributed by atoms with Crippen molar-refractivity contribution in [2.75, 3.05) is 31.8 Å². The molecule has 0 aliphatic carbocycles. The van der Waals surface area contributed by atoms with Gasteiger partial charge in [0, 0.05) is 12.2 Å². The molecule has 1 spiro atoms. The summed E-state index contributed by atoms with van der Waals surface area (Å²) in [5, 5.41) is 10.5. The molecule has 3 heterocycles. The van der Waals surface area contributed by atoms with E-state index in [1.807, 2.05) is 13.8 Å². The summed E-state index contributed by atoms with van der Waals surface area (Å²) in [4.78, 5) is 45.3. The van der Waals surface area contributed by atoms with Crippen molar-refractivity contribution in [1.29, 1.82) is 0 Å². The maximum absolute atomic E-state index is 14.6. The minimum Gasteiger partial charge on any atom is -0.497 e. The number of fused-ring (bicyclic) bond motifs is 1. The predicted octanol–water partition coefficient (Wildman–Crippen LogP) is 3.51. The van der Waals surface area contributed by atoms with Crippen molar-refractivity contribution in [3.8, 4) is 5.75 Å². The Morgan fingerprint density at radius 2 is 1.98 bits per heavy atom. The van der Waals surface area contributed by atoms with Gasteiger partial charge in [-0.05, 0) is 62.3 Å². The van der Waals surface area contributed by atoms with Crippen LogP contribution in [0.25, 0.3) is 0 Å². The molecular weight excluding hydrogens is 512 g/mol. The molecule has 6 atom stereocenters. The summed E-state index contributed by atoms with van der Waals surface area (Å²) in [5.41, 5.74) is -0.562. The lowest BCUT2D eigenvalue weighted by atomic mass is 9.70. The number of esters is 1. The maximum atomic E-state index is 14.6. The number of anilines is 1. The molecule has 3 aliphatic rings. The van der Waals surface area contributed by atoms with Gasteiger partial charge in [-0.2, -0.15) is 0 Å². The van der Waals surface area contributed by atoms with Gasteiger partial charge in [-0.25, -0.2) is 0 Å². The van der Waals surface area contributed by atoms with Gasteiger partial charge in [0.1, 0.15) is 17.4 Å². The van der Waals surface area contributed by atoms with Crippen LogP contribution in [-0.2, 0) is 23.9 Å². The standard InChI is InChI=1S/C31H42N2O7/c1-6-8-9-17-39-30(37)25-24-14-15-31(40-24)26(25)28(35)33(22(19-34)18-20(3)4)27(31)29(36)32(16-7-2)21-10-12-23(38-5)13-11-21/h6-7,10-13,20,22,24-27,34H,1-2,8-9,14-19H2,3-5H3/t22-,24-,25+,26+,27?,31?/m1/s1. The molecular formula is C31H42N2O7. The van der Waals surface area contributed by atoms with E-state index < -0.39 is 41.6 Å². The van der Waals surface area contributed by atoms with E-state index in [1.54, 1.807) is 48.4 Å². The molecule has 3 aliphatic heterocycles. The first-order valence-corrected chi connectivity index (χ1v) is 14.2. The number of methoxy groups -OCH3 is 1. The Morgan fingerprint density at radius 1 is 1.25 bits per heavy atom. The molecule has 4 rings (SSSR count). The van der Waals surface area contributed by atoms with Crippen LogP contribution in [0.5, 0.6) is 5.75 Å². The zero-order valence-electron chi connectivity index (χ0n) is 23.8. The van der Waals surface area contributed by atoms with E-state index >= 15 is 0 Å². The van der Waals surface area contributed by atoms with E-state index in [0.29, 0.717) is 43.5 Å². The summed E-state index contributed by atoms with van der Waals surface area (Å²) in [6, 6.07) is 5.49. The number of hydrogen-bond donors (Lipinski definition) is 1. The van der Waals surface area contributed by atoms with E-state index in [9.17, 15) is 19.5 Å². The van der Waals surface area contributed by atoms with Gasteiger partial charge in [-0.3, -0.25) is 14.4 Å². The van der Waals surface area contributed by atoms with E-state index in [-0.39, 0.29) is 37.5 Å². The first-order chi connectivity index (χ1) is 19.2. The molecule has 2 amide bonds. The van der Waals surface area contributed by atoms with Crippen molar-refractivity contribution in [1.82, 2.24) is 4.90 Å². The smallest absolute Gasteiger partial charge is 0.312 e. The van der Waals surface area contributed by atoms with E-state index in [1.165, 1.54) is 4.90 Å². The number of unbranched alkanes of at least 4 members (excludes halogenated alkanes) is 1. The Kier molecular flexibility index (Phi) is 9.36. The van der Waals surface area contributed by atoms with Gasteiger partial charge in [-0.1, -0.05) is 26.0 Å². The Morgan fingerprint density at radius 3 is 2.58 bits per heavy atom. The van der Waals surface area contributed by atoms with E-state index in [0.717, 1.165) is 0 Å². The number of ether oxygens (including phenoxy) is 3. The van der Waals surface area contributed by atoms with Crippen LogP contribution in [0.3, 0.4) is 0 Å². The Bertz CT molecular complexity index is 1100. The highest BCUT2D eigenvalue weighted by Gasteiger charge is 2.75. The minimum absolute atomic E-state index is 0.160. The minimum atomic E-state index is -1.18. The fraction of sp³-hybridized carbons (Fsp3) is 0.581. The van der Waals surface area contributed by atoms with Crippen molar-refractivity contribution >= 4 is 23.5 Å². The first-order valence-electron chi connectivity index (χ1n) is 14.2. The molecule has 0 saturated carbocycles. The molecule has 3 fully saturated rings. The van der Waals surface area contributed by atoms with Crippen LogP contribution in [0.4, 0.5) is 5.69 Å². The van der Waals surface area contributed by atoms with Crippen LogP contribution in [0, 0.1) is 17.8 Å². The van der Waals surface area contributed by atoms with Gasteiger partial charge >= 0.3 is 5.97 Å². The van der Waals surface area contributed by atoms with Crippen molar-refractivity contribution < 1.29 is 33.7 Å². The largest absolute Gasteiger partial charge is 0.497 e. The maximum Gasteiger partial charge on any atom is 0.312 e. The lowest BCUT2D eigenvalue weighted by Crippen LogP contribution is -2.59. The van der Waals surface area contributed by atoms with Gasteiger partial charge in [-0.15, -0.1) is 13.2 Å². The zero-order chi connectivity index (χ0) is 29.0. The van der Waals surface area contributed by atoms with E-state index in [2.05, 4.69) is 13.2 Å². The number of aliphatic hydroxyl groups is 1.